The second-order valence-corrected chi connectivity index (χ2v) is 8.96. The lowest BCUT2D eigenvalue weighted by Gasteiger charge is -2.44. The Morgan fingerprint density at radius 1 is 1.24 bits per heavy atom. The number of hydrogen-bond donors (Lipinski definition) is 2. The Bertz CT molecular complexity index is 991. The van der Waals surface area contributed by atoms with Crippen molar-refractivity contribution in [2.75, 3.05) is 31.6 Å². The molecular formula is C24H30ClFN4O4. The van der Waals surface area contributed by atoms with Crippen molar-refractivity contribution >= 4 is 29.2 Å². The Hall–Kier alpha value is -2.91. The third-order valence-electron chi connectivity index (χ3n) is 5.77. The standard InChI is InChI=1S/C24H30ClFN4O4/c1-16-13-30(17(2)12-29(16)14-18-5-7-20(26)8-6-18)22(31)15-34-24-21(10-19(25)11-28-24)27-9-3-4-23(32)33/h5-8,10-11,16-17,27H,3-4,9,12-15H2,1-2H3,(H,32,33). The van der Waals surface area contributed by atoms with Crippen molar-refractivity contribution < 1.29 is 23.8 Å². The first-order chi connectivity index (χ1) is 16.2. The van der Waals surface area contributed by atoms with Crippen LogP contribution in [0.4, 0.5) is 10.1 Å². The molecule has 0 saturated carbocycles. The minimum atomic E-state index is -0.866. The molecule has 2 unspecified atom stereocenters. The number of nitrogens with one attached hydrogen (secondary N) is 1. The number of pyridine rings is 1. The molecule has 184 valence electrons. The van der Waals surface area contributed by atoms with Crippen molar-refractivity contribution in [2.45, 2.75) is 45.3 Å². The van der Waals surface area contributed by atoms with Gasteiger partial charge in [0.2, 0.25) is 5.88 Å². The van der Waals surface area contributed by atoms with E-state index in [2.05, 4.69) is 22.1 Å². The van der Waals surface area contributed by atoms with Crippen LogP contribution in [0.15, 0.2) is 36.5 Å². The van der Waals surface area contributed by atoms with Crippen molar-refractivity contribution in [1.29, 1.82) is 0 Å². The third-order valence-corrected chi connectivity index (χ3v) is 5.97. The second kappa shape index (κ2) is 12.0. The average Bonchev–Trinajstić information content (AvgIpc) is 2.79. The summed E-state index contributed by atoms with van der Waals surface area (Å²) >= 11 is 6.03. The largest absolute Gasteiger partial charge is 0.481 e. The van der Waals surface area contributed by atoms with E-state index in [1.54, 1.807) is 18.2 Å². The lowest BCUT2D eigenvalue weighted by atomic mass is 10.1. The first-order valence-corrected chi connectivity index (χ1v) is 11.6. The summed E-state index contributed by atoms with van der Waals surface area (Å²) in [7, 11) is 0. The molecule has 10 heteroatoms. The predicted molar refractivity (Wildman–Crippen MR) is 128 cm³/mol. The number of rotatable bonds is 10. The summed E-state index contributed by atoms with van der Waals surface area (Å²) in [6.07, 6.45) is 1.90. The van der Waals surface area contributed by atoms with E-state index in [4.69, 9.17) is 21.4 Å². The molecular weight excluding hydrogens is 463 g/mol. The molecule has 2 heterocycles. The van der Waals surface area contributed by atoms with Gasteiger partial charge in [0.05, 0.1) is 10.7 Å². The number of halogens is 2. The third kappa shape index (κ3) is 7.30. The lowest BCUT2D eigenvalue weighted by molar-refractivity contribution is -0.139. The highest BCUT2D eigenvalue weighted by atomic mass is 35.5. The smallest absolute Gasteiger partial charge is 0.303 e. The summed E-state index contributed by atoms with van der Waals surface area (Å²) in [5.74, 6) is -1.03. The Balaban J connectivity index is 1.54. The van der Waals surface area contributed by atoms with Gasteiger partial charge in [0.25, 0.3) is 5.91 Å². The number of ether oxygens (including phenoxy) is 1. The number of carbonyl (C=O) groups excluding carboxylic acids is 1. The molecule has 1 aliphatic heterocycles. The summed E-state index contributed by atoms with van der Waals surface area (Å²) in [4.78, 5) is 31.9. The Morgan fingerprint density at radius 3 is 2.68 bits per heavy atom. The zero-order valence-corrected chi connectivity index (χ0v) is 20.1. The zero-order valence-electron chi connectivity index (χ0n) is 19.3. The zero-order chi connectivity index (χ0) is 24.7. The molecule has 0 bridgehead atoms. The maximum atomic E-state index is 13.2. The molecule has 1 aromatic heterocycles. The van der Waals surface area contributed by atoms with E-state index < -0.39 is 5.97 Å². The monoisotopic (exact) mass is 492 g/mol. The molecule has 0 radical (unpaired) electrons. The number of amides is 1. The quantitative estimate of drug-likeness (QED) is 0.489. The molecule has 2 aromatic rings. The summed E-state index contributed by atoms with van der Waals surface area (Å²) in [5.41, 5.74) is 1.54. The minimum absolute atomic E-state index is 0.0143. The van der Waals surface area contributed by atoms with Crippen LogP contribution in [-0.2, 0) is 16.1 Å². The average molecular weight is 493 g/mol. The van der Waals surface area contributed by atoms with Crippen LogP contribution in [0.1, 0.15) is 32.3 Å². The minimum Gasteiger partial charge on any atom is -0.481 e. The van der Waals surface area contributed by atoms with E-state index in [1.807, 2.05) is 11.8 Å². The first-order valence-electron chi connectivity index (χ1n) is 11.2. The van der Waals surface area contributed by atoms with Gasteiger partial charge in [0.15, 0.2) is 6.61 Å². The van der Waals surface area contributed by atoms with E-state index >= 15 is 0 Å². The SMILES string of the molecule is CC1CN(C(=O)COc2ncc(Cl)cc2NCCCC(=O)O)C(C)CN1Cc1ccc(F)cc1. The fourth-order valence-corrected chi connectivity index (χ4v) is 4.09. The molecule has 0 spiro atoms. The Labute approximate surface area is 203 Å². The van der Waals surface area contributed by atoms with Crippen molar-refractivity contribution in [3.63, 3.8) is 0 Å². The van der Waals surface area contributed by atoms with Crippen LogP contribution in [-0.4, -0.2) is 70.1 Å². The highest BCUT2D eigenvalue weighted by Gasteiger charge is 2.32. The van der Waals surface area contributed by atoms with Gasteiger partial charge in [-0.15, -0.1) is 0 Å². The van der Waals surface area contributed by atoms with Gasteiger partial charge in [0, 0.05) is 50.9 Å². The molecule has 1 saturated heterocycles. The molecule has 8 nitrogen and oxygen atoms in total. The number of benzene rings is 1. The molecule has 1 aromatic carbocycles. The fraction of sp³-hybridized carbons (Fsp3) is 0.458. The maximum Gasteiger partial charge on any atom is 0.303 e. The van der Waals surface area contributed by atoms with E-state index in [-0.39, 0.29) is 42.7 Å². The van der Waals surface area contributed by atoms with Gasteiger partial charge in [-0.2, -0.15) is 0 Å². The van der Waals surface area contributed by atoms with E-state index in [1.165, 1.54) is 18.3 Å². The van der Waals surface area contributed by atoms with Crippen LogP contribution >= 0.6 is 11.6 Å². The van der Waals surface area contributed by atoms with E-state index in [0.717, 1.165) is 5.56 Å². The molecule has 0 aliphatic carbocycles. The van der Waals surface area contributed by atoms with Gasteiger partial charge in [-0.05, 0) is 44.0 Å². The Morgan fingerprint density at radius 2 is 1.97 bits per heavy atom. The number of carboxylic acids is 1. The number of carbonyl (C=O) groups is 2. The van der Waals surface area contributed by atoms with Gasteiger partial charge >= 0.3 is 5.97 Å². The number of aromatic nitrogens is 1. The van der Waals surface area contributed by atoms with Crippen molar-refractivity contribution in [3.8, 4) is 5.88 Å². The van der Waals surface area contributed by atoms with E-state index in [9.17, 15) is 14.0 Å². The highest BCUT2D eigenvalue weighted by molar-refractivity contribution is 6.30. The fourth-order valence-electron chi connectivity index (χ4n) is 3.93. The predicted octanol–water partition coefficient (Wildman–Crippen LogP) is 3.65. The van der Waals surface area contributed by atoms with Crippen molar-refractivity contribution in [2.24, 2.45) is 0 Å². The number of carboxylic acid groups (broad SMARTS) is 1. The number of hydrogen-bond acceptors (Lipinski definition) is 6. The molecule has 1 aliphatic rings. The second-order valence-electron chi connectivity index (χ2n) is 8.52. The van der Waals surface area contributed by atoms with Crippen LogP contribution < -0.4 is 10.1 Å². The molecule has 2 N–H and O–H groups in total. The van der Waals surface area contributed by atoms with Crippen LogP contribution in [0.2, 0.25) is 5.02 Å². The molecule has 34 heavy (non-hydrogen) atoms. The molecule has 3 rings (SSSR count). The number of anilines is 1. The number of nitrogens with zero attached hydrogens (tertiary/aromatic N) is 3. The van der Waals surface area contributed by atoms with Gasteiger partial charge in [-0.3, -0.25) is 14.5 Å². The maximum absolute atomic E-state index is 13.2. The number of piperazine rings is 1. The van der Waals surface area contributed by atoms with Crippen LogP contribution in [0.5, 0.6) is 5.88 Å². The van der Waals surface area contributed by atoms with Crippen LogP contribution in [0.3, 0.4) is 0 Å². The summed E-state index contributed by atoms with van der Waals surface area (Å²) < 4.78 is 18.9. The summed E-state index contributed by atoms with van der Waals surface area (Å²) in [6, 6.07) is 8.23. The first kappa shape index (κ1) is 25.7. The molecule has 1 amide bonds. The van der Waals surface area contributed by atoms with Gasteiger partial charge < -0.3 is 20.1 Å². The van der Waals surface area contributed by atoms with Crippen molar-refractivity contribution in [1.82, 2.24) is 14.8 Å². The highest BCUT2D eigenvalue weighted by Crippen LogP contribution is 2.26. The summed E-state index contributed by atoms with van der Waals surface area (Å²) in [5, 5.41) is 12.2. The van der Waals surface area contributed by atoms with Crippen LogP contribution in [0, 0.1) is 5.82 Å². The summed E-state index contributed by atoms with van der Waals surface area (Å²) in [6.45, 7) is 6.24. The lowest BCUT2D eigenvalue weighted by Crippen LogP contribution is -2.58. The number of aliphatic carboxylic acids is 1. The topological polar surface area (TPSA) is 95.0 Å². The van der Waals surface area contributed by atoms with Crippen molar-refractivity contribution in [3.05, 3.63) is 52.9 Å². The molecule has 2 atom stereocenters. The van der Waals surface area contributed by atoms with E-state index in [0.29, 0.717) is 43.3 Å². The van der Waals surface area contributed by atoms with Gasteiger partial charge in [-0.1, -0.05) is 23.7 Å². The Kier molecular flexibility index (Phi) is 9.06. The van der Waals surface area contributed by atoms with Gasteiger partial charge in [-0.25, -0.2) is 9.37 Å². The van der Waals surface area contributed by atoms with Gasteiger partial charge in [0.1, 0.15) is 5.82 Å². The normalized spacial score (nSPS) is 18.5. The van der Waals surface area contributed by atoms with Crippen LogP contribution in [0.25, 0.3) is 0 Å². The molecule has 1 fully saturated rings.